The highest BCUT2D eigenvalue weighted by Gasteiger charge is 2.27. The van der Waals surface area contributed by atoms with Crippen LogP contribution in [0.2, 0.25) is 0 Å². The second-order valence-corrected chi connectivity index (χ2v) is 7.25. The van der Waals surface area contributed by atoms with Crippen LogP contribution in [0.25, 0.3) is 0 Å². The lowest BCUT2D eigenvalue weighted by Crippen LogP contribution is -2.39. The highest BCUT2D eigenvalue weighted by atomic mass is 16.7. The molecule has 1 amide bonds. The van der Waals surface area contributed by atoms with Crippen molar-refractivity contribution in [3.05, 3.63) is 40.7 Å². The largest absolute Gasteiger partial charge is 0.454 e. The molecule has 1 aliphatic rings. The number of amides is 1. The van der Waals surface area contributed by atoms with Crippen molar-refractivity contribution in [3.63, 3.8) is 0 Å². The molecule has 1 aromatic heterocycles. The number of ether oxygens (including phenoxy) is 2. The summed E-state index contributed by atoms with van der Waals surface area (Å²) in [5.74, 6) is 1.49. The number of aryl methyl sites for hydroxylation is 2. The highest BCUT2D eigenvalue weighted by molar-refractivity contribution is 5.83. The third kappa shape index (κ3) is 4.08. The van der Waals surface area contributed by atoms with Gasteiger partial charge in [-0.05, 0) is 64.0 Å². The molecule has 27 heavy (non-hydrogen) atoms. The van der Waals surface area contributed by atoms with Crippen LogP contribution in [0, 0.1) is 13.8 Å². The predicted octanol–water partition coefficient (Wildman–Crippen LogP) is 2.45. The molecule has 7 nitrogen and oxygen atoms in total. The summed E-state index contributed by atoms with van der Waals surface area (Å²) in [6.07, 6.45) is 1.80. The molecule has 0 fully saturated rings. The molecule has 3 rings (SSSR count). The fourth-order valence-corrected chi connectivity index (χ4v) is 3.50. The van der Waals surface area contributed by atoms with Crippen LogP contribution in [0.1, 0.15) is 35.0 Å². The number of H-pyrrole nitrogens is 1. The normalized spacial score (nSPS) is 13.9. The quantitative estimate of drug-likeness (QED) is 0.808. The molecule has 0 unspecified atom stereocenters. The standard InChI is InChI=1S/C20H28N4O3/c1-13-16(14(2)22-21-13)7-6-10-24(5)20(25)19(23(3)4)15-8-9-17-18(11-15)27-12-26-17/h8-9,11,19H,6-7,10,12H2,1-5H3,(H,21,22)/t19-/m1/s1. The number of aromatic nitrogens is 2. The molecule has 1 aliphatic heterocycles. The maximum Gasteiger partial charge on any atom is 0.244 e. The predicted molar refractivity (Wildman–Crippen MR) is 103 cm³/mol. The number of likely N-dealkylation sites (N-methyl/N-ethyl adjacent to an activating group) is 2. The second-order valence-electron chi connectivity index (χ2n) is 7.25. The smallest absolute Gasteiger partial charge is 0.244 e. The number of hydrogen-bond acceptors (Lipinski definition) is 5. The number of nitrogens with zero attached hydrogens (tertiary/aromatic N) is 3. The van der Waals surface area contributed by atoms with E-state index >= 15 is 0 Å². The van der Waals surface area contributed by atoms with E-state index in [1.54, 1.807) is 4.90 Å². The fourth-order valence-electron chi connectivity index (χ4n) is 3.50. The lowest BCUT2D eigenvalue weighted by atomic mass is 10.0. The maximum atomic E-state index is 13.1. The number of carbonyl (C=O) groups excluding carboxylic acids is 1. The van der Waals surface area contributed by atoms with E-state index in [0.717, 1.165) is 35.5 Å². The molecule has 1 aromatic carbocycles. The van der Waals surface area contributed by atoms with Crippen molar-refractivity contribution in [2.24, 2.45) is 0 Å². The van der Waals surface area contributed by atoms with Gasteiger partial charge in [0.1, 0.15) is 6.04 Å². The van der Waals surface area contributed by atoms with Gasteiger partial charge in [-0.15, -0.1) is 0 Å². The van der Waals surface area contributed by atoms with Gasteiger partial charge < -0.3 is 14.4 Å². The van der Waals surface area contributed by atoms with Crippen molar-refractivity contribution in [1.82, 2.24) is 20.0 Å². The summed E-state index contributed by atoms with van der Waals surface area (Å²) >= 11 is 0. The summed E-state index contributed by atoms with van der Waals surface area (Å²) in [5.41, 5.74) is 4.29. The minimum atomic E-state index is -0.359. The lowest BCUT2D eigenvalue weighted by Gasteiger charge is -2.28. The first-order valence-corrected chi connectivity index (χ1v) is 9.20. The van der Waals surface area contributed by atoms with Crippen molar-refractivity contribution in [3.8, 4) is 11.5 Å². The third-order valence-corrected chi connectivity index (χ3v) is 5.04. The van der Waals surface area contributed by atoms with Crippen LogP contribution < -0.4 is 9.47 Å². The van der Waals surface area contributed by atoms with E-state index < -0.39 is 0 Å². The minimum absolute atomic E-state index is 0.0690. The number of fused-ring (bicyclic) bond motifs is 1. The molecule has 0 saturated carbocycles. The summed E-state index contributed by atoms with van der Waals surface area (Å²) in [7, 11) is 5.69. The molecule has 1 atom stereocenters. The Hall–Kier alpha value is -2.54. The lowest BCUT2D eigenvalue weighted by molar-refractivity contribution is -0.135. The molecule has 0 spiro atoms. The van der Waals surface area contributed by atoms with Crippen LogP contribution in [0.5, 0.6) is 11.5 Å². The van der Waals surface area contributed by atoms with Gasteiger partial charge in [-0.3, -0.25) is 14.8 Å². The van der Waals surface area contributed by atoms with E-state index in [1.165, 1.54) is 5.56 Å². The Morgan fingerprint density at radius 2 is 1.96 bits per heavy atom. The fraction of sp³-hybridized carbons (Fsp3) is 0.500. The SMILES string of the molecule is Cc1n[nH]c(C)c1CCCN(C)C(=O)[C@@H](c1ccc2c(c1)OCO2)N(C)C. The summed E-state index contributed by atoms with van der Waals surface area (Å²) in [6.45, 7) is 4.96. The average Bonchev–Trinajstić information content (AvgIpc) is 3.22. The van der Waals surface area contributed by atoms with Crippen LogP contribution in [-0.2, 0) is 11.2 Å². The van der Waals surface area contributed by atoms with Crippen molar-refractivity contribution < 1.29 is 14.3 Å². The highest BCUT2D eigenvalue weighted by Crippen LogP contribution is 2.35. The van der Waals surface area contributed by atoms with Crippen molar-refractivity contribution >= 4 is 5.91 Å². The van der Waals surface area contributed by atoms with E-state index in [9.17, 15) is 4.79 Å². The molecule has 0 bridgehead atoms. The van der Waals surface area contributed by atoms with Crippen molar-refractivity contribution in [2.75, 3.05) is 34.5 Å². The van der Waals surface area contributed by atoms with Crippen molar-refractivity contribution in [2.45, 2.75) is 32.7 Å². The molecule has 0 saturated heterocycles. The average molecular weight is 372 g/mol. The molecule has 0 radical (unpaired) electrons. The Labute approximate surface area is 160 Å². The first kappa shape index (κ1) is 19.2. The molecule has 2 aromatic rings. The van der Waals surface area contributed by atoms with E-state index in [0.29, 0.717) is 12.3 Å². The Kier molecular flexibility index (Phi) is 5.70. The monoisotopic (exact) mass is 372 g/mol. The molecular formula is C20H28N4O3. The summed E-state index contributed by atoms with van der Waals surface area (Å²) < 4.78 is 10.8. The molecule has 146 valence electrons. The van der Waals surface area contributed by atoms with Gasteiger partial charge in [0.25, 0.3) is 0 Å². The zero-order valence-electron chi connectivity index (χ0n) is 16.7. The first-order chi connectivity index (χ1) is 12.9. The second kappa shape index (κ2) is 8.00. The Bertz CT molecular complexity index is 796. The summed E-state index contributed by atoms with van der Waals surface area (Å²) in [6, 6.07) is 5.34. The van der Waals surface area contributed by atoms with Crippen LogP contribution >= 0.6 is 0 Å². The maximum absolute atomic E-state index is 13.1. The molecular weight excluding hydrogens is 344 g/mol. The number of carbonyl (C=O) groups is 1. The van der Waals surface area contributed by atoms with Gasteiger partial charge in [-0.25, -0.2) is 0 Å². The molecule has 1 N–H and O–H groups in total. The van der Waals surface area contributed by atoms with Crippen LogP contribution in [-0.4, -0.2) is 60.4 Å². The number of hydrogen-bond donors (Lipinski definition) is 1. The van der Waals surface area contributed by atoms with E-state index in [-0.39, 0.29) is 18.7 Å². The van der Waals surface area contributed by atoms with Gasteiger partial charge >= 0.3 is 0 Å². The number of rotatable bonds is 7. The zero-order valence-corrected chi connectivity index (χ0v) is 16.7. The van der Waals surface area contributed by atoms with Crippen LogP contribution in [0.4, 0.5) is 0 Å². The topological polar surface area (TPSA) is 70.7 Å². The van der Waals surface area contributed by atoms with E-state index in [4.69, 9.17) is 9.47 Å². The van der Waals surface area contributed by atoms with Gasteiger partial charge in [0.15, 0.2) is 11.5 Å². The minimum Gasteiger partial charge on any atom is -0.454 e. The van der Waals surface area contributed by atoms with Gasteiger partial charge in [0, 0.05) is 19.3 Å². The Morgan fingerprint density at radius 3 is 2.63 bits per heavy atom. The number of nitrogens with one attached hydrogen (secondary N) is 1. The molecule has 2 heterocycles. The van der Waals surface area contributed by atoms with Gasteiger partial charge in [-0.2, -0.15) is 5.10 Å². The van der Waals surface area contributed by atoms with E-state index in [2.05, 4.69) is 10.2 Å². The van der Waals surface area contributed by atoms with Crippen LogP contribution in [0.3, 0.4) is 0 Å². The van der Waals surface area contributed by atoms with Gasteiger partial charge in [-0.1, -0.05) is 6.07 Å². The third-order valence-electron chi connectivity index (χ3n) is 5.04. The number of aromatic amines is 1. The van der Waals surface area contributed by atoms with Gasteiger partial charge in [0.2, 0.25) is 12.7 Å². The van der Waals surface area contributed by atoms with Gasteiger partial charge in [0.05, 0.1) is 5.69 Å². The molecule has 0 aliphatic carbocycles. The Balaban J connectivity index is 1.65. The van der Waals surface area contributed by atoms with Crippen molar-refractivity contribution in [1.29, 1.82) is 0 Å². The summed E-state index contributed by atoms with van der Waals surface area (Å²) in [4.78, 5) is 16.8. The zero-order chi connectivity index (χ0) is 19.6. The first-order valence-electron chi connectivity index (χ1n) is 9.20. The van der Waals surface area contributed by atoms with Crippen LogP contribution in [0.15, 0.2) is 18.2 Å². The van der Waals surface area contributed by atoms with E-state index in [1.807, 2.05) is 58.1 Å². The summed E-state index contributed by atoms with van der Waals surface area (Å²) in [5, 5.41) is 7.25. The Morgan fingerprint density at radius 1 is 1.22 bits per heavy atom. The molecule has 7 heteroatoms. The number of benzene rings is 1.